The molecule has 8 nitrogen and oxygen atoms in total. The van der Waals surface area contributed by atoms with Gasteiger partial charge in [-0.1, -0.05) is 18.2 Å². The summed E-state index contributed by atoms with van der Waals surface area (Å²) in [4.78, 5) is 29.8. The summed E-state index contributed by atoms with van der Waals surface area (Å²) >= 11 is 0. The lowest BCUT2D eigenvalue weighted by Crippen LogP contribution is -2.43. The standard InChI is InChI=1S/C26H32N4O4/c1-29-10-4-5-19-14-20(7-8-21(19)29)22(30-11-2-3-12-30)16-28-26(32)25(31)27-15-18-6-9-23-24(13-18)34-17-33-23/h6-9,13-14,22H,2-5,10-12,15-17H2,1H3,(H,27,31)(H,28,32). The second-order valence-electron chi connectivity index (χ2n) is 9.25. The summed E-state index contributed by atoms with van der Waals surface area (Å²) in [6.07, 6.45) is 4.55. The van der Waals surface area contributed by atoms with E-state index in [4.69, 9.17) is 9.47 Å². The van der Waals surface area contributed by atoms with Gasteiger partial charge < -0.3 is 25.0 Å². The highest BCUT2D eigenvalue weighted by molar-refractivity contribution is 6.35. The lowest BCUT2D eigenvalue weighted by molar-refractivity contribution is -0.139. The minimum atomic E-state index is -0.634. The minimum Gasteiger partial charge on any atom is -0.454 e. The molecule has 0 saturated carbocycles. The van der Waals surface area contributed by atoms with Crippen LogP contribution in [0.2, 0.25) is 0 Å². The number of aryl methyl sites for hydroxylation is 1. The minimum absolute atomic E-state index is 0.0608. The summed E-state index contributed by atoms with van der Waals surface area (Å²) in [5.41, 5.74) is 4.71. The van der Waals surface area contributed by atoms with Crippen molar-refractivity contribution in [3.05, 3.63) is 53.1 Å². The lowest BCUT2D eigenvalue weighted by Gasteiger charge is -2.31. The zero-order valence-electron chi connectivity index (χ0n) is 19.6. The van der Waals surface area contributed by atoms with E-state index in [0.717, 1.165) is 50.9 Å². The molecule has 0 spiro atoms. The highest BCUT2D eigenvalue weighted by Crippen LogP contribution is 2.33. The summed E-state index contributed by atoms with van der Waals surface area (Å²) in [6.45, 7) is 3.95. The van der Waals surface area contributed by atoms with E-state index in [1.807, 2.05) is 12.1 Å². The molecular weight excluding hydrogens is 432 g/mol. The molecule has 2 amide bonds. The molecule has 3 aliphatic heterocycles. The number of rotatable bonds is 6. The van der Waals surface area contributed by atoms with Crippen molar-refractivity contribution in [3.63, 3.8) is 0 Å². The van der Waals surface area contributed by atoms with Crippen LogP contribution in [0.25, 0.3) is 0 Å². The van der Waals surface area contributed by atoms with Crippen LogP contribution in [0, 0.1) is 0 Å². The van der Waals surface area contributed by atoms with E-state index < -0.39 is 11.8 Å². The number of hydrogen-bond acceptors (Lipinski definition) is 6. The van der Waals surface area contributed by atoms with Crippen LogP contribution in [0.5, 0.6) is 11.5 Å². The molecule has 1 saturated heterocycles. The molecule has 0 radical (unpaired) electrons. The number of nitrogens with one attached hydrogen (secondary N) is 2. The Bertz CT molecular complexity index is 1070. The van der Waals surface area contributed by atoms with Crippen molar-refractivity contribution in [2.75, 3.05) is 44.9 Å². The van der Waals surface area contributed by atoms with Crippen LogP contribution in [0.4, 0.5) is 5.69 Å². The summed E-state index contributed by atoms with van der Waals surface area (Å²) in [7, 11) is 2.14. The predicted molar refractivity (Wildman–Crippen MR) is 129 cm³/mol. The highest BCUT2D eigenvalue weighted by Gasteiger charge is 2.26. The van der Waals surface area contributed by atoms with Crippen molar-refractivity contribution in [2.45, 2.75) is 38.3 Å². The summed E-state index contributed by atoms with van der Waals surface area (Å²) in [6, 6.07) is 12.2. The van der Waals surface area contributed by atoms with Crippen LogP contribution >= 0.6 is 0 Å². The average molecular weight is 465 g/mol. The Morgan fingerprint density at radius 1 is 0.941 bits per heavy atom. The van der Waals surface area contributed by atoms with Gasteiger partial charge in [0.05, 0.1) is 6.04 Å². The van der Waals surface area contributed by atoms with Gasteiger partial charge >= 0.3 is 11.8 Å². The van der Waals surface area contributed by atoms with Gasteiger partial charge in [-0.2, -0.15) is 0 Å². The van der Waals surface area contributed by atoms with Gasteiger partial charge in [-0.25, -0.2) is 0 Å². The molecular formula is C26H32N4O4. The Hall–Kier alpha value is -3.26. The molecule has 2 N–H and O–H groups in total. The number of ether oxygens (including phenoxy) is 2. The van der Waals surface area contributed by atoms with Crippen LogP contribution in [0.3, 0.4) is 0 Å². The second kappa shape index (κ2) is 9.93. The summed E-state index contributed by atoms with van der Waals surface area (Å²) in [5, 5.41) is 5.58. The van der Waals surface area contributed by atoms with E-state index in [9.17, 15) is 9.59 Å². The molecule has 1 atom stereocenters. The van der Waals surface area contributed by atoms with Crippen molar-refractivity contribution in [1.29, 1.82) is 0 Å². The van der Waals surface area contributed by atoms with E-state index in [1.54, 1.807) is 6.07 Å². The van der Waals surface area contributed by atoms with Crippen LogP contribution < -0.4 is 25.0 Å². The van der Waals surface area contributed by atoms with Crippen LogP contribution in [0.15, 0.2) is 36.4 Å². The van der Waals surface area contributed by atoms with E-state index in [0.29, 0.717) is 18.0 Å². The number of nitrogens with zero attached hydrogens (tertiary/aromatic N) is 2. The molecule has 0 bridgehead atoms. The third-order valence-corrected chi connectivity index (χ3v) is 6.97. The first-order chi connectivity index (χ1) is 16.6. The molecule has 2 aromatic rings. The number of carbonyl (C=O) groups is 2. The van der Waals surface area contributed by atoms with Crippen molar-refractivity contribution in [2.24, 2.45) is 0 Å². The van der Waals surface area contributed by atoms with Gasteiger partial charge in [0.25, 0.3) is 0 Å². The number of anilines is 1. The second-order valence-corrected chi connectivity index (χ2v) is 9.25. The number of fused-ring (bicyclic) bond motifs is 2. The normalized spacial score (nSPS) is 17.9. The van der Waals surface area contributed by atoms with Gasteiger partial charge in [0.15, 0.2) is 11.5 Å². The Morgan fingerprint density at radius 2 is 1.74 bits per heavy atom. The molecule has 5 rings (SSSR count). The first-order valence-electron chi connectivity index (χ1n) is 12.1. The third kappa shape index (κ3) is 4.82. The van der Waals surface area contributed by atoms with Crippen molar-refractivity contribution in [1.82, 2.24) is 15.5 Å². The fourth-order valence-corrected chi connectivity index (χ4v) is 5.11. The molecule has 3 aliphatic rings. The molecule has 1 fully saturated rings. The lowest BCUT2D eigenvalue weighted by atomic mass is 9.96. The fraction of sp³-hybridized carbons (Fsp3) is 0.462. The van der Waals surface area contributed by atoms with Gasteiger partial charge in [0.1, 0.15) is 0 Å². The molecule has 0 aliphatic carbocycles. The molecule has 180 valence electrons. The molecule has 2 aromatic carbocycles. The first-order valence-corrected chi connectivity index (χ1v) is 12.1. The van der Waals surface area contributed by atoms with Crippen molar-refractivity contribution >= 4 is 17.5 Å². The molecule has 3 heterocycles. The Labute approximate surface area is 200 Å². The molecule has 34 heavy (non-hydrogen) atoms. The van der Waals surface area contributed by atoms with Gasteiger partial charge in [0.2, 0.25) is 6.79 Å². The van der Waals surface area contributed by atoms with Crippen LogP contribution in [-0.4, -0.2) is 56.7 Å². The van der Waals surface area contributed by atoms with Crippen molar-refractivity contribution in [3.8, 4) is 11.5 Å². The number of amides is 2. The van der Waals surface area contributed by atoms with Gasteiger partial charge in [-0.15, -0.1) is 0 Å². The monoisotopic (exact) mass is 464 g/mol. The predicted octanol–water partition coefficient (Wildman–Crippen LogP) is 2.37. The fourth-order valence-electron chi connectivity index (χ4n) is 5.11. The molecule has 0 aromatic heterocycles. The van der Waals surface area contributed by atoms with E-state index >= 15 is 0 Å². The van der Waals surface area contributed by atoms with Gasteiger partial charge in [-0.3, -0.25) is 14.5 Å². The number of benzene rings is 2. The van der Waals surface area contributed by atoms with Crippen LogP contribution in [-0.2, 0) is 22.6 Å². The first kappa shape index (κ1) is 22.5. The quantitative estimate of drug-likeness (QED) is 0.639. The number of likely N-dealkylation sites (tertiary alicyclic amines) is 1. The van der Waals surface area contributed by atoms with Crippen LogP contribution in [0.1, 0.15) is 42.0 Å². The maximum Gasteiger partial charge on any atom is 0.309 e. The van der Waals surface area contributed by atoms with E-state index in [2.05, 4.69) is 45.7 Å². The smallest absolute Gasteiger partial charge is 0.309 e. The number of hydrogen-bond donors (Lipinski definition) is 2. The summed E-state index contributed by atoms with van der Waals surface area (Å²) in [5.74, 6) is 0.100. The molecule has 8 heteroatoms. The zero-order valence-corrected chi connectivity index (χ0v) is 19.6. The molecule has 1 unspecified atom stereocenters. The van der Waals surface area contributed by atoms with Gasteiger partial charge in [0, 0.05) is 32.4 Å². The third-order valence-electron chi connectivity index (χ3n) is 6.97. The summed E-state index contributed by atoms with van der Waals surface area (Å²) < 4.78 is 10.7. The Kier molecular flexibility index (Phi) is 6.58. The topological polar surface area (TPSA) is 83.1 Å². The number of carbonyl (C=O) groups excluding carboxylic acids is 2. The zero-order chi connectivity index (χ0) is 23.5. The largest absolute Gasteiger partial charge is 0.454 e. The Morgan fingerprint density at radius 3 is 2.59 bits per heavy atom. The average Bonchev–Trinajstić information content (AvgIpc) is 3.55. The maximum atomic E-state index is 12.6. The Balaban J connectivity index is 1.21. The van der Waals surface area contributed by atoms with E-state index in [-0.39, 0.29) is 19.4 Å². The van der Waals surface area contributed by atoms with Gasteiger partial charge in [-0.05, 0) is 73.7 Å². The maximum absolute atomic E-state index is 12.6. The SMILES string of the molecule is CN1CCCc2cc(C(CNC(=O)C(=O)NCc3ccc4c(c3)OCO4)N3CCCC3)ccc21. The van der Waals surface area contributed by atoms with E-state index in [1.165, 1.54) is 16.8 Å². The highest BCUT2D eigenvalue weighted by atomic mass is 16.7. The van der Waals surface area contributed by atoms with Crippen molar-refractivity contribution < 1.29 is 19.1 Å².